The molecule has 1 rings (SSSR count). The van der Waals surface area contributed by atoms with Crippen LogP contribution in [0.25, 0.3) is 0 Å². The summed E-state index contributed by atoms with van der Waals surface area (Å²) >= 11 is 1.45. The minimum atomic E-state index is -1.18. The van der Waals surface area contributed by atoms with E-state index in [1.807, 2.05) is 20.1 Å². The molecule has 0 fully saturated rings. The average Bonchev–Trinajstić information content (AvgIpc) is 3.31. The third kappa shape index (κ3) is 11.5. The van der Waals surface area contributed by atoms with Gasteiger partial charge in [-0.15, -0.1) is 0 Å². The number of rotatable bonds is 17. The maximum atomic E-state index is 13.2. The number of aromatic nitrogens is 2. The number of thioether (sulfide) groups is 1. The Morgan fingerprint density at radius 2 is 1.64 bits per heavy atom. The van der Waals surface area contributed by atoms with E-state index < -0.39 is 53.8 Å². The summed E-state index contributed by atoms with van der Waals surface area (Å²) < 4.78 is 0. The van der Waals surface area contributed by atoms with Crippen molar-refractivity contribution in [2.45, 2.75) is 70.1 Å². The summed E-state index contributed by atoms with van der Waals surface area (Å²) in [6, 6.07) is -4.32. The fourth-order valence-corrected chi connectivity index (χ4v) is 3.75. The minimum absolute atomic E-state index is 0.00529. The summed E-state index contributed by atoms with van der Waals surface area (Å²) in [5.74, 6) is -3.19. The van der Waals surface area contributed by atoms with Gasteiger partial charge < -0.3 is 37.5 Å². The van der Waals surface area contributed by atoms with Gasteiger partial charge in [-0.3, -0.25) is 19.2 Å². The molecule has 0 aliphatic carbocycles. The monoisotopic (exact) mass is 527 g/mol. The number of hydrogen-bond donors (Lipinski definition) is 7. The van der Waals surface area contributed by atoms with Gasteiger partial charge in [0.25, 0.3) is 0 Å². The van der Waals surface area contributed by atoms with Crippen LogP contribution in [0.1, 0.15) is 45.2 Å². The van der Waals surface area contributed by atoms with Crippen LogP contribution in [0.15, 0.2) is 12.5 Å². The standard InChI is InChI=1S/C22H37N7O6S/c1-12(2)8-16(28-19(31)14(23)4-5-18(24)30)20(32)29-17(9-13-10-25-11-26-13)21(33)27-15(22(34)35)6-7-36-3/h10-12,14-17H,4-9,23H2,1-3H3,(H2,24,30)(H,25,26)(H,27,33)(H,28,31)(H,29,32)(H,34,35). The second-order valence-electron chi connectivity index (χ2n) is 8.83. The Kier molecular flexibility index (Phi) is 13.5. The average molecular weight is 528 g/mol. The highest BCUT2D eigenvalue weighted by molar-refractivity contribution is 7.98. The van der Waals surface area contributed by atoms with Crippen LogP contribution in [0.3, 0.4) is 0 Å². The van der Waals surface area contributed by atoms with E-state index in [0.717, 1.165) is 0 Å². The van der Waals surface area contributed by atoms with Crippen molar-refractivity contribution in [1.29, 1.82) is 0 Å². The maximum absolute atomic E-state index is 13.2. The van der Waals surface area contributed by atoms with Crippen molar-refractivity contribution in [2.24, 2.45) is 17.4 Å². The fourth-order valence-electron chi connectivity index (χ4n) is 3.27. The van der Waals surface area contributed by atoms with E-state index in [9.17, 15) is 29.1 Å². The van der Waals surface area contributed by atoms with E-state index in [1.54, 1.807) is 0 Å². The number of carboxylic acids is 1. The Balaban J connectivity index is 3.02. The van der Waals surface area contributed by atoms with E-state index in [1.165, 1.54) is 24.3 Å². The number of carbonyl (C=O) groups is 5. The molecule has 9 N–H and O–H groups in total. The van der Waals surface area contributed by atoms with Gasteiger partial charge in [-0.1, -0.05) is 13.8 Å². The van der Waals surface area contributed by atoms with Crippen molar-refractivity contribution in [3.8, 4) is 0 Å². The number of imidazole rings is 1. The van der Waals surface area contributed by atoms with Gasteiger partial charge in [0.15, 0.2) is 0 Å². The molecule has 36 heavy (non-hydrogen) atoms. The van der Waals surface area contributed by atoms with Crippen LogP contribution in [0.5, 0.6) is 0 Å². The first-order valence-corrected chi connectivity index (χ1v) is 13.0. The number of carboxylic acid groups (broad SMARTS) is 1. The van der Waals surface area contributed by atoms with Gasteiger partial charge in [0.1, 0.15) is 18.1 Å². The lowest BCUT2D eigenvalue weighted by atomic mass is 10.0. The molecule has 4 atom stereocenters. The molecule has 0 aliphatic rings. The first-order chi connectivity index (χ1) is 16.9. The van der Waals surface area contributed by atoms with E-state index in [-0.39, 0.29) is 38.0 Å². The Morgan fingerprint density at radius 3 is 2.17 bits per heavy atom. The molecule has 1 aromatic heterocycles. The van der Waals surface area contributed by atoms with Crippen molar-refractivity contribution in [3.63, 3.8) is 0 Å². The summed E-state index contributed by atoms with van der Waals surface area (Å²) in [6.07, 6.45) is 5.15. The lowest BCUT2D eigenvalue weighted by Crippen LogP contribution is -2.58. The molecule has 1 aromatic rings. The second kappa shape index (κ2) is 15.8. The number of carbonyl (C=O) groups excluding carboxylic acids is 4. The Hall–Kier alpha value is -3.13. The Morgan fingerprint density at radius 1 is 1.03 bits per heavy atom. The number of nitrogens with zero attached hydrogens (tertiary/aromatic N) is 1. The third-order valence-corrected chi connectivity index (χ3v) is 5.86. The van der Waals surface area contributed by atoms with Crippen LogP contribution in [-0.4, -0.2) is 80.8 Å². The van der Waals surface area contributed by atoms with Gasteiger partial charge in [-0.25, -0.2) is 9.78 Å². The van der Waals surface area contributed by atoms with Gasteiger partial charge in [-0.05, 0) is 37.2 Å². The molecule has 4 amide bonds. The summed E-state index contributed by atoms with van der Waals surface area (Å²) in [5, 5.41) is 17.2. The number of H-pyrrole nitrogens is 1. The van der Waals surface area contributed by atoms with E-state index >= 15 is 0 Å². The number of aromatic amines is 1. The Bertz CT molecular complexity index is 880. The Labute approximate surface area is 214 Å². The molecular formula is C22H37N7O6S. The van der Waals surface area contributed by atoms with E-state index in [4.69, 9.17) is 11.5 Å². The van der Waals surface area contributed by atoms with E-state index in [0.29, 0.717) is 11.4 Å². The number of nitrogens with two attached hydrogens (primary N) is 2. The number of amides is 4. The molecule has 0 radical (unpaired) electrons. The fraction of sp³-hybridized carbons (Fsp3) is 0.636. The van der Waals surface area contributed by atoms with Crippen LogP contribution in [0.4, 0.5) is 0 Å². The number of primary amides is 1. The van der Waals surface area contributed by atoms with Crippen LogP contribution >= 0.6 is 11.8 Å². The van der Waals surface area contributed by atoms with Crippen LogP contribution in [0.2, 0.25) is 0 Å². The highest BCUT2D eigenvalue weighted by Gasteiger charge is 2.31. The van der Waals surface area contributed by atoms with Crippen LogP contribution in [0, 0.1) is 5.92 Å². The maximum Gasteiger partial charge on any atom is 0.326 e. The SMILES string of the molecule is CSCCC(NC(=O)C(Cc1cnc[nH]1)NC(=O)C(CC(C)C)NC(=O)C(N)CCC(N)=O)C(=O)O. The molecule has 0 bridgehead atoms. The second-order valence-corrected chi connectivity index (χ2v) is 9.81. The predicted molar refractivity (Wildman–Crippen MR) is 135 cm³/mol. The first kappa shape index (κ1) is 30.9. The summed E-state index contributed by atoms with van der Waals surface area (Å²) in [6.45, 7) is 3.72. The summed E-state index contributed by atoms with van der Waals surface area (Å²) in [5.41, 5.74) is 11.5. The summed E-state index contributed by atoms with van der Waals surface area (Å²) in [7, 11) is 0. The number of hydrogen-bond acceptors (Lipinski definition) is 8. The molecule has 0 saturated heterocycles. The number of aliphatic carboxylic acids is 1. The molecule has 0 aromatic carbocycles. The third-order valence-electron chi connectivity index (χ3n) is 5.22. The van der Waals surface area contributed by atoms with Crippen molar-refractivity contribution in [1.82, 2.24) is 25.9 Å². The topological polar surface area (TPSA) is 222 Å². The minimum Gasteiger partial charge on any atom is -0.480 e. The van der Waals surface area contributed by atoms with Crippen molar-refractivity contribution < 1.29 is 29.1 Å². The van der Waals surface area contributed by atoms with Crippen LogP contribution < -0.4 is 27.4 Å². The lowest BCUT2D eigenvalue weighted by Gasteiger charge is -2.26. The number of nitrogens with one attached hydrogen (secondary N) is 4. The summed E-state index contributed by atoms with van der Waals surface area (Å²) in [4.78, 5) is 68.1. The van der Waals surface area contributed by atoms with Crippen molar-refractivity contribution in [2.75, 3.05) is 12.0 Å². The van der Waals surface area contributed by atoms with Gasteiger partial charge in [0.05, 0.1) is 12.4 Å². The van der Waals surface area contributed by atoms with Crippen molar-refractivity contribution >= 4 is 41.4 Å². The molecule has 0 saturated carbocycles. The molecule has 0 spiro atoms. The highest BCUT2D eigenvalue weighted by Crippen LogP contribution is 2.09. The lowest BCUT2D eigenvalue weighted by molar-refractivity contribution is -0.142. The van der Waals surface area contributed by atoms with Crippen LogP contribution in [-0.2, 0) is 30.4 Å². The van der Waals surface area contributed by atoms with Crippen molar-refractivity contribution in [3.05, 3.63) is 18.2 Å². The van der Waals surface area contributed by atoms with Gasteiger partial charge >= 0.3 is 5.97 Å². The molecule has 4 unspecified atom stereocenters. The highest BCUT2D eigenvalue weighted by atomic mass is 32.2. The van der Waals surface area contributed by atoms with Gasteiger partial charge in [-0.2, -0.15) is 11.8 Å². The molecule has 13 nitrogen and oxygen atoms in total. The zero-order valence-electron chi connectivity index (χ0n) is 20.8. The smallest absolute Gasteiger partial charge is 0.326 e. The molecule has 1 heterocycles. The molecule has 202 valence electrons. The molecular weight excluding hydrogens is 490 g/mol. The quantitative estimate of drug-likeness (QED) is 0.130. The van der Waals surface area contributed by atoms with Gasteiger partial charge in [0.2, 0.25) is 23.6 Å². The van der Waals surface area contributed by atoms with E-state index in [2.05, 4.69) is 25.9 Å². The molecule has 14 heteroatoms. The zero-order chi connectivity index (χ0) is 27.3. The predicted octanol–water partition coefficient (Wildman–Crippen LogP) is -1.12. The zero-order valence-corrected chi connectivity index (χ0v) is 21.6. The molecule has 0 aliphatic heterocycles. The normalized spacial score (nSPS) is 14.4. The van der Waals surface area contributed by atoms with Gasteiger partial charge in [0, 0.05) is 24.7 Å². The first-order valence-electron chi connectivity index (χ1n) is 11.6. The largest absolute Gasteiger partial charge is 0.480 e.